The van der Waals surface area contributed by atoms with E-state index in [4.69, 9.17) is 0 Å². The van der Waals surface area contributed by atoms with Crippen LogP contribution >= 0.6 is 0 Å². The fourth-order valence-electron chi connectivity index (χ4n) is 3.11. The van der Waals surface area contributed by atoms with Gasteiger partial charge in [0.25, 0.3) is 5.91 Å². The van der Waals surface area contributed by atoms with Crippen LogP contribution in [-0.4, -0.2) is 22.7 Å². The normalized spacial score (nSPS) is 23.5. The number of nitrogens with zero attached hydrogens (tertiary/aromatic N) is 6. The lowest BCUT2D eigenvalue weighted by Gasteiger charge is -2.18. The molecule has 1 fully saturated rings. The molecule has 0 bridgehead atoms. The van der Waals surface area contributed by atoms with Crippen LogP contribution in [0, 0.1) is 61.6 Å². The van der Waals surface area contributed by atoms with Gasteiger partial charge in [-0.05, 0) is 20.8 Å². The molecule has 0 saturated heterocycles. The fourth-order valence-corrected chi connectivity index (χ4v) is 3.11. The summed E-state index contributed by atoms with van der Waals surface area (Å²) in [6.45, 7) is 4.91. The van der Waals surface area contributed by atoms with E-state index in [-0.39, 0.29) is 11.8 Å². The van der Waals surface area contributed by atoms with E-state index in [1.165, 1.54) is 6.92 Å². The van der Waals surface area contributed by atoms with Gasteiger partial charge in [0.1, 0.15) is 0 Å². The summed E-state index contributed by atoms with van der Waals surface area (Å²) < 4.78 is 0. The van der Waals surface area contributed by atoms with Crippen molar-refractivity contribution in [3.05, 3.63) is 0 Å². The van der Waals surface area contributed by atoms with Crippen LogP contribution < -0.4 is 0 Å². The van der Waals surface area contributed by atoms with Gasteiger partial charge >= 0.3 is 0 Å². The molecule has 20 heavy (non-hydrogen) atoms. The van der Waals surface area contributed by atoms with Crippen LogP contribution in [0.2, 0.25) is 0 Å². The topological polar surface area (TPSA) is 128 Å². The molecule has 1 aliphatic carbocycles. The quantitative estimate of drug-likeness (QED) is 0.689. The summed E-state index contributed by atoms with van der Waals surface area (Å²) in [6, 6.07) is 6.56. The third-order valence-electron chi connectivity index (χ3n) is 4.11. The molecule has 1 amide bonds. The molecule has 1 saturated carbocycles. The van der Waals surface area contributed by atoms with E-state index in [1.807, 2.05) is 0 Å². The first-order chi connectivity index (χ1) is 9.36. The van der Waals surface area contributed by atoms with Crippen molar-refractivity contribution in [2.45, 2.75) is 26.8 Å². The highest BCUT2D eigenvalue weighted by atomic mass is 16.2. The molecule has 7 nitrogen and oxygen atoms in total. The van der Waals surface area contributed by atoms with Gasteiger partial charge in [0.2, 0.25) is 0 Å². The molecule has 0 atom stereocenters. The summed E-state index contributed by atoms with van der Waals surface area (Å²) in [5, 5.41) is 42.6. The van der Waals surface area contributed by atoms with Crippen molar-refractivity contribution < 1.29 is 4.79 Å². The first-order valence-corrected chi connectivity index (χ1v) is 5.91. The van der Waals surface area contributed by atoms with E-state index < -0.39 is 22.2 Å². The summed E-state index contributed by atoms with van der Waals surface area (Å²) in [4.78, 5) is 12.6. The van der Waals surface area contributed by atoms with E-state index in [2.05, 4.69) is 5.10 Å². The minimum atomic E-state index is -2.00. The van der Waals surface area contributed by atoms with E-state index in [1.54, 1.807) is 38.1 Å². The number of rotatable bonds is 1. The first-order valence-electron chi connectivity index (χ1n) is 5.91. The predicted octanol–water partition coefficient (Wildman–Crippen LogP) is 0.680. The molecule has 0 radical (unpaired) electrons. The summed E-state index contributed by atoms with van der Waals surface area (Å²) >= 11 is 0. The number of hydrogen-bond donors (Lipinski definition) is 0. The molecule has 0 unspecified atom stereocenters. The number of amides is 1. The van der Waals surface area contributed by atoms with Crippen LogP contribution in [0.1, 0.15) is 20.8 Å². The molecular formula is C13H10N6O. The molecule has 7 heteroatoms. The molecule has 0 aromatic carbocycles. The third-order valence-corrected chi connectivity index (χ3v) is 4.11. The maximum atomic E-state index is 12.6. The average Bonchev–Trinajstić information content (AvgIpc) is 2.89. The molecule has 1 aliphatic heterocycles. The molecule has 2 rings (SSSR count). The van der Waals surface area contributed by atoms with Gasteiger partial charge in [-0.2, -0.15) is 26.1 Å². The molecule has 0 aromatic heterocycles. The largest absolute Gasteiger partial charge is 0.272 e. The highest BCUT2D eigenvalue weighted by molar-refractivity contribution is 6.19. The van der Waals surface area contributed by atoms with Gasteiger partial charge in [0.05, 0.1) is 30.0 Å². The van der Waals surface area contributed by atoms with Gasteiger partial charge in [-0.25, -0.2) is 5.01 Å². The highest BCUT2D eigenvalue weighted by Crippen LogP contribution is 2.79. The standard InChI is InChI=1S/C13H10N6O/c1-8(2)19-10(20)13(9(3)18-19)11(4-14,5-15)12(13,6-16)7-17/h8H,1-3H3. The van der Waals surface area contributed by atoms with Crippen LogP contribution in [0.5, 0.6) is 0 Å². The van der Waals surface area contributed by atoms with Gasteiger partial charge in [0, 0.05) is 6.04 Å². The van der Waals surface area contributed by atoms with Gasteiger partial charge in [-0.15, -0.1) is 0 Å². The van der Waals surface area contributed by atoms with E-state index in [0.717, 1.165) is 5.01 Å². The monoisotopic (exact) mass is 266 g/mol. The summed E-state index contributed by atoms with van der Waals surface area (Å²) in [7, 11) is 0. The lowest BCUT2D eigenvalue weighted by molar-refractivity contribution is -0.135. The predicted molar refractivity (Wildman–Crippen MR) is 64.8 cm³/mol. The second-order valence-electron chi connectivity index (χ2n) is 5.13. The SMILES string of the molecule is CC1=NN(C(C)C)C(=O)C12C(C#N)(C#N)C2(C#N)C#N. The lowest BCUT2D eigenvalue weighted by atomic mass is 9.89. The Balaban J connectivity index is 2.78. The maximum absolute atomic E-state index is 12.6. The van der Waals surface area contributed by atoms with Crippen molar-refractivity contribution in [3.8, 4) is 24.3 Å². The molecule has 2 aliphatic rings. The average molecular weight is 266 g/mol. The van der Waals surface area contributed by atoms with Crippen LogP contribution in [-0.2, 0) is 4.79 Å². The van der Waals surface area contributed by atoms with Crippen molar-refractivity contribution in [2.75, 3.05) is 0 Å². The van der Waals surface area contributed by atoms with Gasteiger partial charge in [0.15, 0.2) is 16.2 Å². The Morgan fingerprint density at radius 3 is 1.70 bits per heavy atom. The number of carbonyl (C=O) groups is 1. The van der Waals surface area contributed by atoms with Gasteiger partial charge in [-0.3, -0.25) is 4.79 Å². The Hall–Kier alpha value is -2.90. The van der Waals surface area contributed by atoms with E-state index in [0.29, 0.717) is 0 Å². The summed E-state index contributed by atoms with van der Waals surface area (Å²) in [5.41, 5.74) is -5.60. The number of nitriles is 4. The van der Waals surface area contributed by atoms with Crippen molar-refractivity contribution in [3.63, 3.8) is 0 Å². The molecule has 0 aromatic rings. The van der Waals surface area contributed by atoms with Crippen molar-refractivity contribution in [1.82, 2.24) is 5.01 Å². The van der Waals surface area contributed by atoms with E-state index in [9.17, 15) is 25.8 Å². The smallest absolute Gasteiger partial charge is 0.260 e. The summed E-state index contributed by atoms with van der Waals surface area (Å²) in [6.07, 6.45) is 0. The number of hydrogen-bond acceptors (Lipinski definition) is 6. The second kappa shape index (κ2) is 3.56. The van der Waals surface area contributed by atoms with Crippen molar-refractivity contribution in [2.24, 2.45) is 21.3 Å². The van der Waals surface area contributed by atoms with Gasteiger partial charge < -0.3 is 0 Å². The van der Waals surface area contributed by atoms with Crippen LogP contribution in [0.3, 0.4) is 0 Å². The van der Waals surface area contributed by atoms with Gasteiger partial charge in [-0.1, -0.05) is 0 Å². The Morgan fingerprint density at radius 2 is 1.45 bits per heavy atom. The third kappa shape index (κ3) is 0.889. The first kappa shape index (κ1) is 13.5. The number of hydrazone groups is 1. The number of carbonyl (C=O) groups excluding carboxylic acids is 1. The summed E-state index contributed by atoms with van der Waals surface area (Å²) in [5.74, 6) is -0.629. The highest BCUT2D eigenvalue weighted by Gasteiger charge is 2.98. The second-order valence-corrected chi connectivity index (χ2v) is 5.13. The molecule has 0 N–H and O–H groups in total. The Kier molecular flexibility index (Phi) is 2.41. The van der Waals surface area contributed by atoms with Crippen molar-refractivity contribution in [1.29, 1.82) is 21.0 Å². The Labute approximate surface area is 115 Å². The van der Waals surface area contributed by atoms with Crippen LogP contribution in [0.25, 0.3) is 0 Å². The minimum Gasteiger partial charge on any atom is -0.272 e. The molecule has 1 spiro atoms. The van der Waals surface area contributed by atoms with Crippen LogP contribution in [0.15, 0.2) is 5.10 Å². The zero-order chi connectivity index (χ0) is 15.3. The van der Waals surface area contributed by atoms with Crippen LogP contribution in [0.4, 0.5) is 0 Å². The Morgan fingerprint density at radius 1 is 1.05 bits per heavy atom. The fraction of sp³-hybridized carbons (Fsp3) is 0.538. The zero-order valence-corrected chi connectivity index (χ0v) is 11.2. The lowest BCUT2D eigenvalue weighted by Crippen LogP contribution is -2.37. The van der Waals surface area contributed by atoms with Crippen molar-refractivity contribution >= 4 is 11.6 Å². The van der Waals surface area contributed by atoms with E-state index >= 15 is 0 Å². The zero-order valence-electron chi connectivity index (χ0n) is 11.2. The maximum Gasteiger partial charge on any atom is 0.260 e. The Bertz CT molecular complexity index is 639. The minimum absolute atomic E-state index is 0.169. The molecule has 1 heterocycles. The molecule has 98 valence electrons. The molecular weight excluding hydrogens is 256 g/mol.